The van der Waals surface area contributed by atoms with Gasteiger partial charge in [0.05, 0.1) is 0 Å². The number of allylic oxidation sites excluding steroid dienone is 1. The highest BCUT2D eigenvalue weighted by Gasteiger charge is 2.18. The Morgan fingerprint density at radius 2 is 0.929 bits per heavy atom. The molecule has 0 N–H and O–H groups in total. The predicted molar refractivity (Wildman–Crippen MR) is 181 cm³/mol. The van der Waals surface area contributed by atoms with Gasteiger partial charge in [0.2, 0.25) is 0 Å². The second-order valence-corrected chi connectivity index (χ2v) is 11.2. The lowest BCUT2D eigenvalue weighted by Crippen LogP contribution is -1.94. The first-order valence-electron chi connectivity index (χ1n) is 14.8. The van der Waals surface area contributed by atoms with Crippen LogP contribution in [-0.4, -0.2) is 0 Å². The van der Waals surface area contributed by atoms with Crippen molar-refractivity contribution < 1.29 is 0 Å². The normalized spacial score (nSPS) is 12.5. The third kappa shape index (κ3) is 4.24. The fraction of sp³-hybridized carbons (Fsp3) is 0.0476. The molecule has 42 heavy (non-hydrogen) atoms. The monoisotopic (exact) mass is 534 g/mol. The Morgan fingerprint density at radius 3 is 1.71 bits per heavy atom. The van der Waals surface area contributed by atoms with Gasteiger partial charge >= 0.3 is 0 Å². The molecular formula is C42H30. The number of benzene rings is 7. The molecule has 0 fully saturated rings. The molecule has 0 heteroatoms. The van der Waals surface area contributed by atoms with Gasteiger partial charge in [-0.3, -0.25) is 0 Å². The molecule has 0 atom stereocenters. The average Bonchev–Trinajstić information content (AvgIpc) is 3.07. The van der Waals surface area contributed by atoms with Gasteiger partial charge in [0.25, 0.3) is 0 Å². The van der Waals surface area contributed by atoms with Crippen molar-refractivity contribution in [1.29, 1.82) is 0 Å². The summed E-state index contributed by atoms with van der Waals surface area (Å²) in [5.74, 6) is 0. The minimum absolute atomic E-state index is 1.13. The van der Waals surface area contributed by atoms with Gasteiger partial charge in [-0.2, -0.15) is 0 Å². The average molecular weight is 535 g/mol. The summed E-state index contributed by atoms with van der Waals surface area (Å²) in [5.41, 5.74) is 12.8. The van der Waals surface area contributed by atoms with Gasteiger partial charge in [-0.05, 0) is 108 Å². The maximum atomic E-state index is 2.40. The second kappa shape index (κ2) is 10.3. The molecule has 0 aliphatic heterocycles. The molecule has 0 unspecified atom stereocenters. The van der Waals surface area contributed by atoms with Crippen LogP contribution in [0.2, 0.25) is 0 Å². The van der Waals surface area contributed by atoms with Gasteiger partial charge in [-0.1, -0.05) is 140 Å². The van der Waals surface area contributed by atoms with Crippen LogP contribution < -0.4 is 0 Å². The molecular weight excluding hydrogens is 504 g/mol. The van der Waals surface area contributed by atoms with Crippen LogP contribution in [0.25, 0.3) is 72.1 Å². The Hall–Kier alpha value is -5.20. The lowest BCUT2D eigenvalue weighted by atomic mass is 9.84. The van der Waals surface area contributed by atoms with E-state index in [1.165, 1.54) is 77.2 Å². The highest BCUT2D eigenvalue weighted by Crippen LogP contribution is 2.45. The summed E-state index contributed by atoms with van der Waals surface area (Å²) < 4.78 is 0. The fourth-order valence-corrected chi connectivity index (χ4v) is 6.68. The van der Waals surface area contributed by atoms with Gasteiger partial charge in [0.15, 0.2) is 0 Å². The van der Waals surface area contributed by atoms with Gasteiger partial charge in [-0.15, -0.1) is 0 Å². The van der Waals surface area contributed by atoms with Gasteiger partial charge in [0, 0.05) is 0 Å². The van der Waals surface area contributed by atoms with Crippen molar-refractivity contribution in [3.63, 3.8) is 0 Å². The summed E-state index contributed by atoms with van der Waals surface area (Å²) >= 11 is 0. The molecule has 7 aromatic carbocycles. The summed E-state index contributed by atoms with van der Waals surface area (Å²) in [6, 6.07) is 53.6. The standard InChI is InChI=1S/C42H30/c1-3-12-29(13-4-1)35-24-25-39-40(28-35)42(38-21-10-9-20-37(38)41(39)31-15-5-2-6-16-31)36-19-11-18-33(27-36)34-23-22-30-14-7-8-17-32(30)26-34/h1-6,8-13,15-28H,7,14H2. The smallest absolute Gasteiger partial charge is 0.00259 e. The van der Waals surface area contributed by atoms with E-state index in [1.807, 2.05) is 0 Å². The molecule has 8 rings (SSSR count). The van der Waals surface area contributed by atoms with E-state index in [1.54, 1.807) is 0 Å². The lowest BCUT2D eigenvalue weighted by molar-refractivity contribution is 0.986. The van der Waals surface area contributed by atoms with E-state index < -0.39 is 0 Å². The Labute approximate surface area is 247 Å². The van der Waals surface area contributed by atoms with Crippen LogP contribution in [0, 0.1) is 0 Å². The summed E-state index contributed by atoms with van der Waals surface area (Å²) in [7, 11) is 0. The van der Waals surface area contributed by atoms with Gasteiger partial charge < -0.3 is 0 Å². The molecule has 0 bridgehead atoms. The molecule has 7 aromatic rings. The molecule has 198 valence electrons. The Kier molecular flexibility index (Phi) is 6.04. The van der Waals surface area contributed by atoms with E-state index in [4.69, 9.17) is 0 Å². The lowest BCUT2D eigenvalue weighted by Gasteiger charge is -2.19. The Bertz CT molecular complexity index is 2110. The largest absolute Gasteiger partial charge is 0.0836 e. The van der Waals surface area contributed by atoms with Crippen molar-refractivity contribution in [2.75, 3.05) is 0 Å². The molecule has 0 nitrogen and oxygen atoms in total. The minimum atomic E-state index is 1.13. The number of rotatable bonds is 4. The van der Waals surface area contributed by atoms with E-state index in [9.17, 15) is 0 Å². The van der Waals surface area contributed by atoms with Gasteiger partial charge in [-0.25, -0.2) is 0 Å². The number of hydrogen-bond donors (Lipinski definition) is 0. The van der Waals surface area contributed by atoms with Crippen LogP contribution in [0.15, 0.2) is 152 Å². The molecule has 0 aromatic heterocycles. The van der Waals surface area contributed by atoms with E-state index in [2.05, 4.69) is 158 Å². The summed E-state index contributed by atoms with van der Waals surface area (Å²) in [5, 5.41) is 5.11. The minimum Gasteiger partial charge on any atom is -0.0836 e. The maximum Gasteiger partial charge on any atom is -0.00259 e. The van der Waals surface area contributed by atoms with Crippen molar-refractivity contribution in [1.82, 2.24) is 0 Å². The molecule has 0 radical (unpaired) electrons. The Morgan fingerprint density at radius 1 is 0.357 bits per heavy atom. The van der Waals surface area contributed by atoms with Crippen molar-refractivity contribution >= 4 is 27.6 Å². The molecule has 0 saturated carbocycles. The number of aryl methyl sites for hydroxylation is 1. The molecule has 0 spiro atoms. The zero-order valence-electron chi connectivity index (χ0n) is 23.4. The predicted octanol–water partition coefficient (Wildman–Crippen LogP) is 11.6. The van der Waals surface area contributed by atoms with Crippen molar-refractivity contribution in [2.45, 2.75) is 12.8 Å². The van der Waals surface area contributed by atoms with Crippen LogP contribution in [0.1, 0.15) is 17.5 Å². The van der Waals surface area contributed by atoms with Crippen molar-refractivity contribution in [3.8, 4) is 44.5 Å². The fourth-order valence-electron chi connectivity index (χ4n) is 6.68. The Balaban J connectivity index is 1.42. The number of hydrogen-bond acceptors (Lipinski definition) is 0. The summed E-state index contributed by atoms with van der Waals surface area (Å²) in [4.78, 5) is 0. The van der Waals surface area contributed by atoms with E-state index in [0.717, 1.165) is 12.8 Å². The first-order valence-corrected chi connectivity index (χ1v) is 14.8. The molecule has 0 amide bonds. The third-order valence-electron chi connectivity index (χ3n) is 8.70. The molecule has 0 saturated heterocycles. The highest BCUT2D eigenvalue weighted by atomic mass is 14.2. The maximum absolute atomic E-state index is 2.40. The van der Waals surface area contributed by atoms with Crippen LogP contribution in [0.4, 0.5) is 0 Å². The SMILES string of the molecule is C1=Cc2cc(-c3cccc(-c4c5ccccc5c(-c5ccccc5)c5ccc(-c6ccccc6)cc45)c3)ccc2CC1. The highest BCUT2D eigenvalue weighted by molar-refractivity contribution is 6.22. The van der Waals surface area contributed by atoms with Crippen molar-refractivity contribution in [3.05, 3.63) is 163 Å². The quantitative estimate of drug-likeness (QED) is 0.197. The molecule has 1 aliphatic rings. The summed E-state index contributed by atoms with van der Waals surface area (Å²) in [6.07, 6.45) is 6.83. The van der Waals surface area contributed by atoms with Crippen LogP contribution >= 0.6 is 0 Å². The molecule has 1 aliphatic carbocycles. The van der Waals surface area contributed by atoms with E-state index in [-0.39, 0.29) is 0 Å². The topological polar surface area (TPSA) is 0 Å². The van der Waals surface area contributed by atoms with E-state index in [0.29, 0.717) is 0 Å². The zero-order valence-corrected chi connectivity index (χ0v) is 23.4. The van der Waals surface area contributed by atoms with E-state index >= 15 is 0 Å². The number of fused-ring (bicyclic) bond motifs is 3. The summed E-state index contributed by atoms with van der Waals surface area (Å²) in [6.45, 7) is 0. The molecule has 0 heterocycles. The van der Waals surface area contributed by atoms with Crippen LogP contribution in [0.5, 0.6) is 0 Å². The second-order valence-electron chi connectivity index (χ2n) is 11.2. The zero-order chi connectivity index (χ0) is 27.9. The first-order chi connectivity index (χ1) is 20.8. The third-order valence-corrected chi connectivity index (χ3v) is 8.70. The van der Waals surface area contributed by atoms with Crippen LogP contribution in [-0.2, 0) is 6.42 Å². The van der Waals surface area contributed by atoms with Crippen molar-refractivity contribution in [2.24, 2.45) is 0 Å². The van der Waals surface area contributed by atoms with Gasteiger partial charge in [0.1, 0.15) is 0 Å². The first kappa shape index (κ1) is 24.6. The van der Waals surface area contributed by atoms with Crippen LogP contribution in [0.3, 0.4) is 0 Å².